The molecule has 0 atom stereocenters. The molecule has 0 radical (unpaired) electrons. The lowest BCUT2D eigenvalue weighted by molar-refractivity contribution is 0.0947. The lowest BCUT2D eigenvalue weighted by Crippen LogP contribution is -2.29. The average Bonchev–Trinajstić information content (AvgIpc) is 2.71. The van der Waals surface area contributed by atoms with Gasteiger partial charge in [0.2, 0.25) is 0 Å². The van der Waals surface area contributed by atoms with Gasteiger partial charge >= 0.3 is 0 Å². The van der Waals surface area contributed by atoms with E-state index in [-0.39, 0.29) is 17.5 Å². The van der Waals surface area contributed by atoms with Crippen molar-refractivity contribution in [3.05, 3.63) is 59.4 Å². The van der Waals surface area contributed by atoms with Crippen LogP contribution in [0, 0.1) is 0 Å². The molecule has 2 aromatic rings. The zero-order chi connectivity index (χ0) is 20.4. The largest absolute Gasteiger partial charge is 0.497 e. The number of aromatic nitrogens is 1. The van der Waals surface area contributed by atoms with E-state index < -0.39 is 0 Å². The van der Waals surface area contributed by atoms with E-state index in [1.165, 1.54) is 12.3 Å². The third-order valence-electron chi connectivity index (χ3n) is 4.18. The molecule has 7 heteroatoms. The maximum atomic E-state index is 12.3. The summed E-state index contributed by atoms with van der Waals surface area (Å²) in [5.41, 5.74) is 1.77. The van der Waals surface area contributed by atoms with Crippen LogP contribution in [0.2, 0.25) is 0 Å². The Hall–Kier alpha value is -2.93. The third kappa shape index (κ3) is 7.00. The smallest absolute Gasteiger partial charge is 0.269 e. The molecule has 0 bridgehead atoms. The SMILES string of the molecule is COc1ccc(CCNC(=O)c2ccnc(C(=O)NCCCN(C)C)c2)cc1. The normalized spacial score (nSPS) is 10.6. The van der Waals surface area contributed by atoms with E-state index in [2.05, 4.69) is 20.5 Å². The summed E-state index contributed by atoms with van der Waals surface area (Å²) in [4.78, 5) is 30.7. The van der Waals surface area contributed by atoms with Crippen molar-refractivity contribution in [3.63, 3.8) is 0 Å². The third-order valence-corrected chi connectivity index (χ3v) is 4.18. The van der Waals surface area contributed by atoms with Gasteiger partial charge in [-0.25, -0.2) is 0 Å². The predicted octanol–water partition coefficient (Wildman–Crippen LogP) is 1.74. The maximum Gasteiger partial charge on any atom is 0.269 e. The number of methoxy groups -OCH3 is 1. The molecule has 2 amide bonds. The van der Waals surface area contributed by atoms with Crippen LogP contribution in [0.3, 0.4) is 0 Å². The molecule has 0 fully saturated rings. The van der Waals surface area contributed by atoms with Gasteiger partial charge in [0.05, 0.1) is 7.11 Å². The van der Waals surface area contributed by atoms with Gasteiger partial charge in [-0.15, -0.1) is 0 Å². The lowest BCUT2D eigenvalue weighted by Gasteiger charge is -2.10. The standard InChI is InChI=1S/C21H28N4O3/c1-25(2)14-4-11-23-21(27)19-15-17(10-13-22-19)20(26)24-12-9-16-5-7-18(28-3)8-6-16/h5-8,10,13,15H,4,9,11-12,14H2,1-3H3,(H,23,27)(H,24,26). The van der Waals surface area contributed by atoms with Crippen LogP contribution in [0.25, 0.3) is 0 Å². The number of carbonyl (C=O) groups is 2. The molecule has 0 aliphatic rings. The van der Waals surface area contributed by atoms with Crippen LogP contribution in [0.15, 0.2) is 42.6 Å². The molecule has 0 aliphatic carbocycles. The molecule has 0 saturated heterocycles. The highest BCUT2D eigenvalue weighted by Gasteiger charge is 2.11. The number of pyridine rings is 1. The van der Waals surface area contributed by atoms with Gasteiger partial charge in [0, 0.05) is 24.8 Å². The van der Waals surface area contributed by atoms with Crippen LogP contribution in [-0.2, 0) is 6.42 Å². The van der Waals surface area contributed by atoms with Crippen LogP contribution in [0.5, 0.6) is 5.75 Å². The van der Waals surface area contributed by atoms with Crippen molar-refractivity contribution in [2.24, 2.45) is 0 Å². The van der Waals surface area contributed by atoms with E-state index in [0.29, 0.717) is 25.1 Å². The van der Waals surface area contributed by atoms with Crippen molar-refractivity contribution in [1.82, 2.24) is 20.5 Å². The summed E-state index contributed by atoms with van der Waals surface area (Å²) < 4.78 is 5.13. The van der Waals surface area contributed by atoms with E-state index in [1.54, 1.807) is 13.2 Å². The van der Waals surface area contributed by atoms with Gasteiger partial charge in [-0.05, 0) is 63.3 Å². The molecule has 1 aromatic carbocycles. The van der Waals surface area contributed by atoms with Gasteiger partial charge in [-0.1, -0.05) is 12.1 Å². The summed E-state index contributed by atoms with van der Waals surface area (Å²) in [6, 6.07) is 10.8. The fourth-order valence-corrected chi connectivity index (χ4v) is 2.60. The van der Waals surface area contributed by atoms with Gasteiger partial charge in [0.1, 0.15) is 11.4 Å². The van der Waals surface area contributed by atoms with Crippen molar-refractivity contribution in [2.75, 3.05) is 40.8 Å². The molecule has 0 spiro atoms. The quantitative estimate of drug-likeness (QED) is 0.610. The Balaban J connectivity index is 1.82. The number of benzene rings is 1. The first kappa shape index (κ1) is 21.4. The molecular formula is C21H28N4O3. The number of ether oxygens (including phenoxy) is 1. The summed E-state index contributed by atoms with van der Waals surface area (Å²) in [5.74, 6) is 0.307. The van der Waals surface area contributed by atoms with Crippen LogP contribution in [0.1, 0.15) is 32.8 Å². The second-order valence-corrected chi connectivity index (χ2v) is 6.70. The lowest BCUT2D eigenvalue weighted by atomic mass is 10.1. The van der Waals surface area contributed by atoms with Crippen LogP contribution < -0.4 is 15.4 Å². The van der Waals surface area contributed by atoms with Crippen molar-refractivity contribution in [2.45, 2.75) is 12.8 Å². The molecule has 150 valence electrons. The van der Waals surface area contributed by atoms with Gasteiger partial charge in [-0.3, -0.25) is 14.6 Å². The summed E-state index contributed by atoms with van der Waals surface area (Å²) in [7, 11) is 5.60. The number of amides is 2. The minimum atomic E-state index is -0.272. The first-order chi connectivity index (χ1) is 13.5. The van der Waals surface area contributed by atoms with Gasteiger partial charge in [0.15, 0.2) is 0 Å². The highest BCUT2D eigenvalue weighted by atomic mass is 16.5. The number of hydrogen-bond acceptors (Lipinski definition) is 5. The number of nitrogens with zero attached hydrogens (tertiary/aromatic N) is 2. The Morgan fingerprint density at radius 2 is 1.75 bits per heavy atom. The Kier molecular flexibility index (Phi) is 8.42. The molecule has 1 aromatic heterocycles. The highest BCUT2D eigenvalue weighted by molar-refractivity contribution is 5.98. The molecule has 7 nitrogen and oxygen atoms in total. The van der Waals surface area contributed by atoms with Crippen molar-refractivity contribution >= 4 is 11.8 Å². The number of carbonyl (C=O) groups excluding carboxylic acids is 2. The predicted molar refractivity (Wildman–Crippen MR) is 109 cm³/mol. The Bertz CT molecular complexity index is 775. The Labute approximate surface area is 166 Å². The molecule has 0 saturated carbocycles. The Morgan fingerprint density at radius 1 is 1.04 bits per heavy atom. The molecule has 0 aliphatic heterocycles. The molecule has 0 unspecified atom stereocenters. The van der Waals surface area contributed by atoms with Gasteiger partial charge in [-0.2, -0.15) is 0 Å². The van der Waals surface area contributed by atoms with E-state index in [9.17, 15) is 9.59 Å². The highest BCUT2D eigenvalue weighted by Crippen LogP contribution is 2.11. The van der Waals surface area contributed by atoms with Crippen molar-refractivity contribution in [3.8, 4) is 5.75 Å². The topological polar surface area (TPSA) is 83.6 Å². The zero-order valence-electron chi connectivity index (χ0n) is 16.7. The molecule has 28 heavy (non-hydrogen) atoms. The van der Waals surface area contributed by atoms with Gasteiger partial charge < -0.3 is 20.3 Å². The Morgan fingerprint density at radius 3 is 2.43 bits per heavy atom. The minimum absolute atomic E-state index is 0.224. The molecule has 2 rings (SSSR count). The maximum absolute atomic E-state index is 12.3. The summed E-state index contributed by atoms with van der Waals surface area (Å²) in [6.07, 6.45) is 3.04. The number of hydrogen-bond donors (Lipinski definition) is 2. The summed E-state index contributed by atoms with van der Waals surface area (Å²) >= 11 is 0. The second-order valence-electron chi connectivity index (χ2n) is 6.70. The van der Waals surface area contributed by atoms with E-state index >= 15 is 0 Å². The summed E-state index contributed by atoms with van der Waals surface area (Å²) in [6.45, 7) is 1.96. The first-order valence-electron chi connectivity index (χ1n) is 9.29. The number of nitrogens with one attached hydrogen (secondary N) is 2. The first-order valence-corrected chi connectivity index (χ1v) is 9.29. The monoisotopic (exact) mass is 384 g/mol. The van der Waals surface area contributed by atoms with Crippen LogP contribution in [-0.4, -0.2) is 62.5 Å². The number of rotatable bonds is 10. The summed E-state index contributed by atoms with van der Waals surface area (Å²) in [5, 5.41) is 5.70. The van der Waals surface area contributed by atoms with Crippen LogP contribution in [0.4, 0.5) is 0 Å². The molecule has 2 N–H and O–H groups in total. The molecular weight excluding hydrogens is 356 g/mol. The fourth-order valence-electron chi connectivity index (χ4n) is 2.60. The molecule has 1 heterocycles. The van der Waals surface area contributed by atoms with Crippen molar-refractivity contribution in [1.29, 1.82) is 0 Å². The minimum Gasteiger partial charge on any atom is -0.497 e. The van der Waals surface area contributed by atoms with E-state index in [0.717, 1.165) is 24.3 Å². The van der Waals surface area contributed by atoms with Crippen LogP contribution >= 0.6 is 0 Å². The van der Waals surface area contributed by atoms with E-state index in [4.69, 9.17) is 4.74 Å². The second kappa shape index (κ2) is 11.0. The zero-order valence-corrected chi connectivity index (χ0v) is 16.7. The van der Waals surface area contributed by atoms with E-state index in [1.807, 2.05) is 38.4 Å². The van der Waals surface area contributed by atoms with Crippen molar-refractivity contribution < 1.29 is 14.3 Å². The van der Waals surface area contributed by atoms with Gasteiger partial charge in [0.25, 0.3) is 11.8 Å². The average molecular weight is 384 g/mol. The fraction of sp³-hybridized carbons (Fsp3) is 0.381.